The second kappa shape index (κ2) is 8.29. The molecule has 0 unspecified atom stereocenters. The summed E-state index contributed by atoms with van der Waals surface area (Å²) in [5.41, 5.74) is 6.21. The number of nitrogens with two attached hydrogens (primary N) is 1. The van der Waals surface area contributed by atoms with Crippen molar-refractivity contribution in [2.45, 2.75) is 45.6 Å². The van der Waals surface area contributed by atoms with Crippen LogP contribution in [0.25, 0.3) is 6.08 Å². The molecule has 2 aliphatic rings. The Balaban J connectivity index is 1.65. The molecule has 0 saturated carbocycles. The van der Waals surface area contributed by atoms with E-state index in [4.69, 9.17) is 10.5 Å². The Kier molecular flexibility index (Phi) is 5.99. The van der Waals surface area contributed by atoms with Crippen molar-refractivity contribution in [3.8, 4) is 11.8 Å². The number of aliphatic carboxylic acids is 1. The highest BCUT2D eigenvalue weighted by Crippen LogP contribution is 2.34. The van der Waals surface area contributed by atoms with E-state index in [0.717, 1.165) is 22.6 Å². The molecular formula is C21H25N3O4S. The first kappa shape index (κ1) is 20.9. The molecule has 7 nitrogen and oxygen atoms in total. The minimum Gasteiger partial charge on any atom is -0.478 e. The first-order chi connectivity index (χ1) is 13.6. The summed E-state index contributed by atoms with van der Waals surface area (Å²) in [5.74, 6) is 5.95. The van der Waals surface area contributed by atoms with Gasteiger partial charge < -0.3 is 20.5 Å². The minimum absolute atomic E-state index is 0.133. The second-order valence-electron chi connectivity index (χ2n) is 8.13. The lowest BCUT2D eigenvalue weighted by atomic mass is 9.98. The number of nitrogens with zero attached hydrogens (tertiary/aromatic N) is 2. The van der Waals surface area contributed by atoms with Crippen molar-refractivity contribution in [2.24, 2.45) is 16.6 Å². The van der Waals surface area contributed by atoms with Gasteiger partial charge >= 0.3 is 12.1 Å². The van der Waals surface area contributed by atoms with Crippen molar-refractivity contribution < 1.29 is 19.4 Å². The number of thiophene rings is 1. The lowest BCUT2D eigenvalue weighted by Crippen LogP contribution is -2.41. The third kappa shape index (κ3) is 5.61. The SMILES string of the molecule is CC(C)(C)OC(=O)N1CCC(C#Cc2cc3c(s2)C=C(C(=O)O)CC(N)=N3)CC1. The van der Waals surface area contributed by atoms with Crippen LogP contribution in [-0.4, -0.2) is 46.6 Å². The quantitative estimate of drug-likeness (QED) is 0.682. The van der Waals surface area contributed by atoms with Crippen molar-refractivity contribution in [3.63, 3.8) is 0 Å². The first-order valence-corrected chi connectivity index (χ1v) is 10.3. The molecule has 1 saturated heterocycles. The van der Waals surface area contributed by atoms with E-state index in [1.54, 1.807) is 11.0 Å². The Labute approximate surface area is 174 Å². The van der Waals surface area contributed by atoms with Gasteiger partial charge in [0.05, 0.1) is 15.4 Å². The van der Waals surface area contributed by atoms with Gasteiger partial charge in [0.2, 0.25) is 0 Å². The average molecular weight is 416 g/mol. The molecule has 0 bridgehead atoms. The van der Waals surface area contributed by atoms with Gasteiger partial charge in [-0.3, -0.25) is 0 Å². The van der Waals surface area contributed by atoms with Gasteiger partial charge in [-0.15, -0.1) is 11.3 Å². The molecule has 2 aliphatic heterocycles. The van der Waals surface area contributed by atoms with E-state index in [2.05, 4.69) is 16.8 Å². The maximum atomic E-state index is 12.1. The smallest absolute Gasteiger partial charge is 0.410 e. The number of hydrogen-bond donors (Lipinski definition) is 2. The molecule has 154 valence electrons. The number of rotatable bonds is 1. The molecule has 1 aromatic heterocycles. The molecule has 0 aliphatic carbocycles. The predicted molar refractivity (Wildman–Crippen MR) is 113 cm³/mol. The molecule has 0 atom stereocenters. The number of piperidine rings is 1. The highest BCUT2D eigenvalue weighted by Gasteiger charge is 2.26. The molecule has 0 radical (unpaired) electrons. The van der Waals surface area contributed by atoms with Gasteiger partial charge in [0.25, 0.3) is 0 Å². The van der Waals surface area contributed by atoms with Crippen LogP contribution in [0.15, 0.2) is 16.6 Å². The molecule has 3 heterocycles. The summed E-state index contributed by atoms with van der Waals surface area (Å²) in [6.07, 6.45) is 3.07. The number of carbonyl (C=O) groups is 2. The lowest BCUT2D eigenvalue weighted by Gasteiger charge is -2.31. The summed E-state index contributed by atoms with van der Waals surface area (Å²) in [7, 11) is 0. The number of fused-ring (bicyclic) bond motifs is 1. The third-order valence-corrected chi connectivity index (χ3v) is 5.49. The van der Waals surface area contributed by atoms with E-state index in [0.29, 0.717) is 18.8 Å². The van der Waals surface area contributed by atoms with Crippen molar-refractivity contribution in [1.82, 2.24) is 4.90 Å². The number of carboxylic acid groups (broad SMARTS) is 1. The second-order valence-corrected chi connectivity index (χ2v) is 9.21. The van der Waals surface area contributed by atoms with Gasteiger partial charge in [-0.25, -0.2) is 14.6 Å². The molecular weight excluding hydrogens is 390 g/mol. The van der Waals surface area contributed by atoms with E-state index >= 15 is 0 Å². The molecule has 0 aromatic carbocycles. The zero-order valence-electron chi connectivity index (χ0n) is 16.8. The van der Waals surface area contributed by atoms with E-state index in [9.17, 15) is 14.7 Å². The van der Waals surface area contributed by atoms with Crippen LogP contribution >= 0.6 is 11.3 Å². The molecule has 8 heteroatoms. The van der Waals surface area contributed by atoms with Gasteiger partial charge in [-0.2, -0.15) is 0 Å². The number of hydrogen-bond acceptors (Lipinski definition) is 6. The average Bonchev–Trinajstić information content (AvgIpc) is 2.92. The fourth-order valence-electron chi connectivity index (χ4n) is 3.09. The van der Waals surface area contributed by atoms with Crippen LogP contribution in [0.4, 0.5) is 10.5 Å². The van der Waals surface area contributed by atoms with Gasteiger partial charge in [-0.1, -0.05) is 11.8 Å². The normalized spacial score (nSPS) is 17.3. The monoisotopic (exact) mass is 415 g/mol. The van der Waals surface area contributed by atoms with Crippen LogP contribution < -0.4 is 5.73 Å². The summed E-state index contributed by atoms with van der Waals surface area (Å²) in [5, 5.41) is 9.27. The minimum atomic E-state index is -0.992. The van der Waals surface area contributed by atoms with E-state index < -0.39 is 11.6 Å². The fourth-order valence-corrected chi connectivity index (χ4v) is 4.02. The van der Waals surface area contributed by atoms with Gasteiger partial charge in [0.1, 0.15) is 11.4 Å². The third-order valence-electron chi connectivity index (χ3n) is 4.50. The van der Waals surface area contributed by atoms with Gasteiger partial charge in [0, 0.05) is 31.0 Å². The molecule has 1 fully saturated rings. The Hall–Kier alpha value is -2.79. The number of carboxylic acids is 1. The van der Waals surface area contributed by atoms with Crippen molar-refractivity contribution in [2.75, 3.05) is 13.1 Å². The van der Waals surface area contributed by atoms with Gasteiger partial charge in [-0.05, 0) is 45.8 Å². The summed E-state index contributed by atoms with van der Waals surface area (Å²) in [6.45, 7) is 6.83. The van der Waals surface area contributed by atoms with Crippen LogP contribution in [-0.2, 0) is 9.53 Å². The first-order valence-electron chi connectivity index (χ1n) is 9.51. The van der Waals surface area contributed by atoms with E-state index in [1.165, 1.54) is 11.3 Å². The number of amidine groups is 1. The van der Waals surface area contributed by atoms with Crippen LogP contribution in [0.3, 0.4) is 0 Å². The highest BCUT2D eigenvalue weighted by molar-refractivity contribution is 7.14. The van der Waals surface area contributed by atoms with Crippen LogP contribution in [0.2, 0.25) is 0 Å². The zero-order valence-corrected chi connectivity index (χ0v) is 17.6. The summed E-state index contributed by atoms with van der Waals surface area (Å²) >= 11 is 1.41. The fraction of sp³-hybridized carbons (Fsp3) is 0.476. The molecule has 29 heavy (non-hydrogen) atoms. The Morgan fingerprint density at radius 2 is 2.03 bits per heavy atom. The van der Waals surface area contributed by atoms with Crippen molar-refractivity contribution in [1.29, 1.82) is 0 Å². The summed E-state index contributed by atoms with van der Waals surface area (Å²) < 4.78 is 5.42. The number of aliphatic imine (C=N–C) groups is 1. The summed E-state index contributed by atoms with van der Waals surface area (Å²) in [4.78, 5) is 31.1. The maximum Gasteiger partial charge on any atom is 0.410 e. The zero-order chi connectivity index (χ0) is 21.2. The lowest BCUT2D eigenvalue weighted by molar-refractivity contribution is -0.132. The molecule has 0 spiro atoms. The van der Waals surface area contributed by atoms with Crippen molar-refractivity contribution >= 4 is 41.0 Å². The van der Waals surface area contributed by atoms with Crippen LogP contribution in [0.5, 0.6) is 0 Å². The molecule has 3 rings (SSSR count). The van der Waals surface area contributed by atoms with E-state index in [-0.39, 0.29) is 29.8 Å². The number of ether oxygens (including phenoxy) is 1. The Morgan fingerprint density at radius 1 is 1.34 bits per heavy atom. The highest BCUT2D eigenvalue weighted by atomic mass is 32.1. The van der Waals surface area contributed by atoms with Crippen LogP contribution in [0.1, 0.15) is 49.8 Å². The maximum absolute atomic E-state index is 12.1. The van der Waals surface area contributed by atoms with Gasteiger partial charge in [0.15, 0.2) is 0 Å². The summed E-state index contributed by atoms with van der Waals surface area (Å²) in [6, 6.07) is 1.84. The number of likely N-dealkylation sites (tertiary alicyclic amines) is 1. The predicted octanol–water partition coefficient (Wildman–Crippen LogP) is 3.61. The Morgan fingerprint density at radius 3 is 2.66 bits per heavy atom. The standard InChI is InChI=1S/C21H25N3O4S/c1-21(2,3)28-20(27)24-8-6-13(7-9-24)4-5-15-12-16-17(29-15)10-14(19(25)26)11-18(22)23-16/h10,12-13H,6-9,11H2,1-3H3,(H2,22,23)(H,25,26). The topological polar surface area (TPSA) is 105 Å². The van der Waals surface area contributed by atoms with Crippen molar-refractivity contribution in [3.05, 3.63) is 21.4 Å². The Bertz CT molecular complexity index is 935. The largest absolute Gasteiger partial charge is 0.478 e. The molecule has 3 N–H and O–H groups in total. The molecule has 1 aromatic rings. The van der Waals surface area contributed by atoms with Crippen LogP contribution in [0, 0.1) is 17.8 Å². The number of amides is 1. The number of carbonyl (C=O) groups excluding carboxylic acids is 1. The van der Waals surface area contributed by atoms with E-state index in [1.807, 2.05) is 26.8 Å². The molecule has 1 amide bonds.